The highest BCUT2D eigenvalue weighted by Gasteiger charge is 2.22. The third-order valence-electron chi connectivity index (χ3n) is 4.06. The monoisotopic (exact) mass is 475 g/mol. The molecule has 190 valence electrons. The molecule has 0 atom stereocenters. The van der Waals surface area contributed by atoms with Crippen LogP contribution in [0.4, 0.5) is 0 Å². The van der Waals surface area contributed by atoms with Crippen LogP contribution in [0.25, 0.3) is 0 Å². The maximum Gasteiger partial charge on any atom is 0.253 e. The molecule has 11 heteroatoms. The zero-order valence-electron chi connectivity index (χ0n) is 19.3. The van der Waals surface area contributed by atoms with Gasteiger partial charge < -0.3 is 37.9 Å². The summed E-state index contributed by atoms with van der Waals surface area (Å²) in [6, 6.07) is 0. The lowest BCUT2D eigenvalue weighted by atomic mass is 10.5. The second kappa shape index (κ2) is 22.0. The Bertz CT molecular complexity index is 525. The first-order valence-electron chi connectivity index (χ1n) is 11.1. The van der Waals surface area contributed by atoms with Crippen molar-refractivity contribution in [3.05, 3.63) is 25.0 Å². The summed E-state index contributed by atoms with van der Waals surface area (Å²) in [6.45, 7) is 10.7. The number of imide groups is 1. The first kappa shape index (κ1) is 29.2. The molecule has 11 nitrogen and oxygen atoms in total. The molecule has 0 saturated carbocycles. The maximum atomic E-state index is 11.3. The van der Waals surface area contributed by atoms with Gasteiger partial charge in [-0.3, -0.25) is 14.5 Å². The zero-order valence-corrected chi connectivity index (χ0v) is 19.3. The quantitative estimate of drug-likeness (QED) is 0.103. The van der Waals surface area contributed by atoms with E-state index in [0.717, 1.165) is 4.90 Å². The molecule has 0 unspecified atom stereocenters. The number of carbonyl (C=O) groups excluding carboxylic acids is 2. The van der Waals surface area contributed by atoms with Gasteiger partial charge in [-0.05, 0) is 0 Å². The maximum absolute atomic E-state index is 11.3. The van der Waals surface area contributed by atoms with Crippen LogP contribution in [0, 0.1) is 0 Å². The Labute approximate surface area is 195 Å². The number of hydrogen-bond acceptors (Lipinski definition) is 10. The van der Waals surface area contributed by atoms with E-state index in [1.807, 2.05) is 0 Å². The summed E-state index contributed by atoms with van der Waals surface area (Å²) in [4.78, 5) is 23.8. The van der Waals surface area contributed by atoms with Gasteiger partial charge in [-0.2, -0.15) is 0 Å². The Balaban J connectivity index is 1.67. The smallest absolute Gasteiger partial charge is 0.253 e. The van der Waals surface area contributed by atoms with Crippen LogP contribution in [0.3, 0.4) is 0 Å². The van der Waals surface area contributed by atoms with Gasteiger partial charge in [0.15, 0.2) is 0 Å². The van der Waals surface area contributed by atoms with Crippen molar-refractivity contribution in [3.63, 3.8) is 0 Å². The number of rotatable bonds is 25. The number of amides is 2. The molecular formula is C22H37NO10. The largest absolute Gasteiger partial charge is 0.499 e. The summed E-state index contributed by atoms with van der Waals surface area (Å²) >= 11 is 0. The molecule has 0 aliphatic carbocycles. The first-order valence-corrected chi connectivity index (χ1v) is 11.1. The Morgan fingerprint density at radius 3 is 1.18 bits per heavy atom. The third kappa shape index (κ3) is 17.3. The van der Waals surface area contributed by atoms with Crippen molar-refractivity contribution in [2.75, 3.05) is 106 Å². The lowest BCUT2D eigenvalue weighted by Gasteiger charge is -2.13. The minimum atomic E-state index is -0.303. The van der Waals surface area contributed by atoms with Crippen molar-refractivity contribution in [2.45, 2.75) is 0 Å². The number of hydrogen-bond donors (Lipinski definition) is 0. The van der Waals surface area contributed by atoms with Gasteiger partial charge in [-0.15, -0.1) is 0 Å². The van der Waals surface area contributed by atoms with Crippen LogP contribution in [-0.4, -0.2) is 122 Å². The van der Waals surface area contributed by atoms with E-state index in [1.54, 1.807) is 0 Å². The normalized spacial score (nSPS) is 13.3. The fourth-order valence-corrected chi connectivity index (χ4v) is 2.42. The van der Waals surface area contributed by atoms with Crippen LogP contribution in [0.15, 0.2) is 25.0 Å². The molecule has 0 N–H and O–H groups in total. The lowest BCUT2D eigenvalue weighted by Crippen LogP contribution is -2.33. The Hall–Kier alpha value is -1.86. The van der Waals surface area contributed by atoms with Crippen molar-refractivity contribution >= 4 is 11.8 Å². The minimum absolute atomic E-state index is 0.246. The van der Waals surface area contributed by atoms with E-state index in [9.17, 15) is 9.59 Å². The fourth-order valence-electron chi connectivity index (χ4n) is 2.42. The van der Waals surface area contributed by atoms with Gasteiger partial charge >= 0.3 is 0 Å². The minimum Gasteiger partial charge on any atom is -0.499 e. The van der Waals surface area contributed by atoms with Gasteiger partial charge in [0.05, 0.1) is 105 Å². The number of ether oxygens (including phenoxy) is 8. The summed E-state index contributed by atoms with van der Waals surface area (Å²) in [7, 11) is 0. The van der Waals surface area contributed by atoms with Crippen molar-refractivity contribution in [1.29, 1.82) is 0 Å². The molecule has 0 fully saturated rings. The van der Waals surface area contributed by atoms with Crippen LogP contribution >= 0.6 is 0 Å². The number of nitrogens with zero attached hydrogens (tertiary/aromatic N) is 1. The molecule has 33 heavy (non-hydrogen) atoms. The van der Waals surface area contributed by atoms with Crippen LogP contribution in [0.5, 0.6) is 0 Å². The first-order chi connectivity index (χ1) is 16.3. The molecule has 0 aromatic heterocycles. The predicted octanol–water partition coefficient (Wildman–Crippen LogP) is 0.188. The molecular weight excluding hydrogens is 438 g/mol. The average Bonchev–Trinajstić information content (AvgIpc) is 3.14. The van der Waals surface area contributed by atoms with Crippen molar-refractivity contribution < 1.29 is 47.5 Å². The molecule has 1 heterocycles. The Morgan fingerprint density at radius 2 is 0.848 bits per heavy atom. The lowest BCUT2D eigenvalue weighted by molar-refractivity contribution is -0.137. The van der Waals surface area contributed by atoms with Gasteiger partial charge in [0.1, 0.15) is 6.61 Å². The van der Waals surface area contributed by atoms with E-state index in [2.05, 4.69) is 6.58 Å². The summed E-state index contributed by atoms with van der Waals surface area (Å²) in [6.07, 6.45) is 3.90. The van der Waals surface area contributed by atoms with Crippen molar-refractivity contribution in [3.8, 4) is 0 Å². The predicted molar refractivity (Wildman–Crippen MR) is 118 cm³/mol. The van der Waals surface area contributed by atoms with Crippen LogP contribution in [0.1, 0.15) is 0 Å². The number of carbonyl (C=O) groups is 2. The van der Waals surface area contributed by atoms with Crippen molar-refractivity contribution in [2.24, 2.45) is 0 Å². The molecule has 0 aromatic carbocycles. The van der Waals surface area contributed by atoms with E-state index in [4.69, 9.17) is 37.9 Å². The van der Waals surface area contributed by atoms with E-state index in [-0.39, 0.29) is 25.0 Å². The van der Waals surface area contributed by atoms with Crippen molar-refractivity contribution in [1.82, 2.24) is 4.90 Å². The van der Waals surface area contributed by atoms with Gasteiger partial charge in [-0.25, -0.2) is 0 Å². The molecule has 0 saturated heterocycles. The van der Waals surface area contributed by atoms with Gasteiger partial charge in [0.25, 0.3) is 11.8 Å². The van der Waals surface area contributed by atoms with Crippen LogP contribution in [0.2, 0.25) is 0 Å². The molecule has 2 amide bonds. The van der Waals surface area contributed by atoms with Gasteiger partial charge in [0, 0.05) is 12.2 Å². The summed E-state index contributed by atoms with van der Waals surface area (Å²) in [5.74, 6) is -0.606. The molecule has 1 aliphatic rings. The standard InChI is InChI=1S/C22H37NO10/c1-2-26-7-8-28-11-12-30-15-16-32-19-20-33-18-17-31-14-13-29-10-9-27-6-5-23-21(24)3-4-22(23)25/h2-4H,1,5-20H2. The zero-order chi connectivity index (χ0) is 23.8. The molecule has 1 rings (SSSR count). The molecule has 0 bridgehead atoms. The SMILES string of the molecule is C=COCCOCCOCCOCCOCCOCCOCCOCCN1C(=O)C=CC1=O. The van der Waals surface area contributed by atoms with E-state index in [1.165, 1.54) is 18.4 Å². The Morgan fingerprint density at radius 1 is 0.545 bits per heavy atom. The highest BCUT2D eigenvalue weighted by Crippen LogP contribution is 2.02. The second-order valence-electron chi connectivity index (χ2n) is 6.49. The van der Waals surface area contributed by atoms with Crippen LogP contribution in [-0.2, 0) is 47.5 Å². The third-order valence-corrected chi connectivity index (χ3v) is 4.06. The van der Waals surface area contributed by atoms with E-state index in [0.29, 0.717) is 92.5 Å². The summed E-state index contributed by atoms with van der Waals surface area (Å²) in [5, 5.41) is 0. The topological polar surface area (TPSA) is 111 Å². The molecule has 0 aromatic rings. The average molecular weight is 476 g/mol. The van der Waals surface area contributed by atoms with Gasteiger partial charge in [0.2, 0.25) is 0 Å². The van der Waals surface area contributed by atoms with E-state index >= 15 is 0 Å². The summed E-state index contributed by atoms with van der Waals surface area (Å²) < 4.78 is 42.5. The highest BCUT2D eigenvalue weighted by molar-refractivity contribution is 6.12. The summed E-state index contributed by atoms with van der Waals surface area (Å²) in [5.41, 5.74) is 0. The molecule has 0 radical (unpaired) electrons. The Kier molecular flexibility index (Phi) is 19.4. The highest BCUT2D eigenvalue weighted by atomic mass is 16.6. The van der Waals surface area contributed by atoms with Crippen LogP contribution < -0.4 is 0 Å². The van der Waals surface area contributed by atoms with Gasteiger partial charge in [-0.1, -0.05) is 6.58 Å². The van der Waals surface area contributed by atoms with E-state index < -0.39 is 0 Å². The molecule has 1 aliphatic heterocycles. The fraction of sp³-hybridized carbons (Fsp3) is 0.727. The second-order valence-corrected chi connectivity index (χ2v) is 6.49. The molecule has 0 spiro atoms.